The van der Waals surface area contributed by atoms with Gasteiger partial charge in [0, 0.05) is 13.5 Å². The summed E-state index contributed by atoms with van der Waals surface area (Å²) in [5, 5.41) is 0. The fourth-order valence-electron chi connectivity index (χ4n) is 1.37. The highest BCUT2D eigenvalue weighted by atomic mass is 32.2. The van der Waals surface area contributed by atoms with E-state index in [1.54, 1.807) is 6.07 Å². The van der Waals surface area contributed by atoms with Crippen molar-refractivity contribution in [1.82, 2.24) is 4.72 Å². The summed E-state index contributed by atoms with van der Waals surface area (Å²) < 4.78 is 35.2. The molecule has 0 fully saturated rings. The Hall–Kier alpha value is -0.850. The van der Waals surface area contributed by atoms with Gasteiger partial charge >= 0.3 is 0 Å². The van der Waals surface area contributed by atoms with Crippen LogP contribution in [0.2, 0.25) is 0 Å². The van der Waals surface area contributed by atoms with Crippen LogP contribution < -0.4 is 4.72 Å². The van der Waals surface area contributed by atoms with Crippen molar-refractivity contribution in [2.45, 2.75) is 19.4 Å². The first kappa shape index (κ1) is 13.2. The molecule has 1 heterocycles. The summed E-state index contributed by atoms with van der Waals surface area (Å²) >= 11 is 0. The topological polar surface area (TPSA) is 68.5 Å². The molecule has 6 heteroatoms. The maximum atomic E-state index is 11.2. The molecule has 0 saturated heterocycles. The Balaban J connectivity index is 2.84. The molecule has 0 bridgehead atoms. The van der Waals surface area contributed by atoms with Crippen molar-refractivity contribution in [2.75, 3.05) is 20.0 Å². The standard InChI is InChI=1S/C10H17NO4S/c1-4-8-5-6-10(15-8)9(7-14-2)11-16(3,12)13/h5-6,9,11H,4,7H2,1-3H3. The molecule has 0 spiro atoms. The van der Waals surface area contributed by atoms with E-state index in [1.807, 2.05) is 13.0 Å². The van der Waals surface area contributed by atoms with Crippen LogP contribution in [-0.4, -0.2) is 28.4 Å². The molecule has 5 nitrogen and oxygen atoms in total. The van der Waals surface area contributed by atoms with Crippen molar-refractivity contribution >= 4 is 10.0 Å². The molecule has 16 heavy (non-hydrogen) atoms. The van der Waals surface area contributed by atoms with Crippen LogP contribution in [-0.2, 0) is 21.2 Å². The van der Waals surface area contributed by atoms with E-state index in [9.17, 15) is 8.42 Å². The van der Waals surface area contributed by atoms with E-state index in [0.717, 1.165) is 18.4 Å². The average molecular weight is 247 g/mol. The monoisotopic (exact) mass is 247 g/mol. The second-order valence-corrected chi connectivity index (χ2v) is 5.34. The molecule has 1 atom stereocenters. The van der Waals surface area contributed by atoms with E-state index in [4.69, 9.17) is 9.15 Å². The van der Waals surface area contributed by atoms with Crippen LogP contribution in [0.4, 0.5) is 0 Å². The molecule has 0 radical (unpaired) electrons. The molecular formula is C10H17NO4S. The van der Waals surface area contributed by atoms with Crippen molar-refractivity contribution in [2.24, 2.45) is 0 Å². The predicted molar refractivity (Wildman–Crippen MR) is 60.7 cm³/mol. The quantitative estimate of drug-likeness (QED) is 0.816. The van der Waals surface area contributed by atoms with Crippen LogP contribution in [0.5, 0.6) is 0 Å². The van der Waals surface area contributed by atoms with E-state index in [2.05, 4.69) is 4.72 Å². The number of hydrogen-bond donors (Lipinski definition) is 1. The van der Waals surface area contributed by atoms with Crippen LogP contribution >= 0.6 is 0 Å². The van der Waals surface area contributed by atoms with Crippen LogP contribution in [0.3, 0.4) is 0 Å². The first-order valence-electron chi connectivity index (χ1n) is 5.01. The summed E-state index contributed by atoms with van der Waals surface area (Å²) in [4.78, 5) is 0. The molecule has 1 aromatic heterocycles. The van der Waals surface area contributed by atoms with Crippen LogP contribution in [0.25, 0.3) is 0 Å². The second-order valence-electron chi connectivity index (χ2n) is 3.56. The fraction of sp³-hybridized carbons (Fsp3) is 0.600. The zero-order chi connectivity index (χ0) is 12.2. The highest BCUT2D eigenvalue weighted by molar-refractivity contribution is 7.88. The van der Waals surface area contributed by atoms with Crippen molar-refractivity contribution < 1.29 is 17.6 Å². The maximum absolute atomic E-state index is 11.2. The minimum absolute atomic E-state index is 0.240. The molecular weight excluding hydrogens is 230 g/mol. The molecule has 1 N–H and O–H groups in total. The molecule has 1 rings (SSSR count). The number of hydrogen-bond acceptors (Lipinski definition) is 4. The molecule has 0 aliphatic heterocycles. The van der Waals surface area contributed by atoms with Crippen molar-refractivity contribution in [1.29, 1.82) is 0 Å². The number of nitrogens with one attached hydrogen (secondary N) is 1. The van der Waals surface area contributed by atoms with Gasteiger partial charge in [0.05, 0.1) is 12.9 Å². The third-order valence-corrected chi connectivity index (χ3v) is 2.78. The Kier molecular flexibility index (Phi) is 4.52. The summed E-state index contributed by atoms with van der Waals surface area (Å²) in [6, 6.07) is 3.13. The molecule has 92 valence electrons. The minimum Gasteiger partial charge on any atom is -0.464 e. The Bertz CT molecular complexity index is 424. The Labute approximate surface area is 95.8 Å². The number of ether oxygens (including phenoxy) is 1. The number of methoxy groups -OCH3 is 1. The van der Waals surface area contributed by atoms with Gasteiger partial charge in [-0.05, 0) is 12.1 Å². The zero-order valence-electron chi connectivity index (χ0n) is 9.69. The van der Waals surface area contributed by atoms with Gasteiger partial charge in [-0.25, -0.2) is 13.1 Å². The fourth-order valence-corrected chi connectivity index (χ4v) is 2.07. The Morgan fingerprint density at radius 2 is 2.19 bits per heavy atom. The number of sulfonamides is 1. The average Bonchev–Trinajstić information content (AvgIpc) is 2.63. The molecule has 1 unspecified atom stereocenters. The van der Waals surface area contributed by atoms with Crippen molar-refractivity contribution in [3.05, 3.63) is 23.7 Å². The number of rotatable bonds is 6. The smallest absolute Gasteiger partial charge is 0.209 e. The minimum atomic E-state index is -3.28. The Morgan fingerprint density at radius 3 is 2.62 bits per heavy atom. The van der Waals surface area contributed by atoms with E-state index in [0.29, 0.717) is 5.76 Å². The molecule has 0 aliphatic carbocycles. The largest absolute Gasteiger partial charge is 0.464 e. The highest BCUT2D eigenvalue weighted by Crippen LogP contribution is 2.18. The van der Waals surface area contributed by atoms with Gasteiger partial charge in [-0.1, -0.05) is 6.92 Å². The third-order valence-electron chi connectivity index (χ3n) is 2.06. The van der Waals surface area contributed by atoms with Gasteiger partial charge in [-0.15, -0.1) is 0 Å². The maximum Gasteiger partial charge on any atom is 0.209 e. The summed E-state index contributed by atoms with van der Waals surface area (Å²) in [5.74, 6) is 1.40. The molecule has 0 amide bonds. The lowest BCUT2D eigenvalue weighted by Crippen LogP contribution is -2.30. The molecule has 0 aromatic carbocycles. The summed E-state index contributed by atoms with van der Waals surface area (Å²) in [5.41, 5.74) is 0. The van der Waals surface area contributed by atoms with Gasteiger partial charge in [0.15, 0.2) is 0 Å². The normalized spacial score (nSPS) is 13.9. The van der Waals surface area contributed by atoms with Gasteiger partial charge in [0.2, 0.25) is 10.0 Å². The van der Waals surface area contributed by atoms with E-state index >= 15 is 0 Å². The highest BCUT2D eigenvalue weighted by Gasteiger charge is 2.19. The summed E-state index contributed by atoms with van der Waals surface area (Å²) in [6.07, 6.45) is 1.89. The van der Waals surface area contributed by atoms with Gasteiger partial charge < -0.3 is 9.15 Å². The van der Waals surface area contributed by atoms with Crippen molar-refractivity contribution in [3.8, 4) is 0 Å². The van der Waals surface area contributed by atoms with E-state index in [1.165, 1.54) is 7.11 Å². The lowest BCUT2D eigenvalue weighted by molar-refractivity contribution is 0.166. The summed E-state index contributed by atoms with van der Waals surface area (Å²) in [6.45, 7) is 2.21. The van der Waals surface area contributed by atoms with Crippen LogP contribution in [0, 0.1) is 0 Å². The molecule has 0 aliphatic rings. The van der Waals surface area contributed by atoms with E-state index < -0.39 is 16.1 Å². The van der Waals surface area contributed by atoms with Gasteiger partial charge in [-0.2, -0.15) is 0 Å². The predicted octanol–water partition coefficient (Wildman–Crippen LogP) is 1.08. The van der Waals surface area contributed by atoms with Gasteiger partial charge in [0.1, 0.15) is 17.6 Å². The van der Waals surface area contributed by atoms with Crippen LogP contribution in [0.15, 0.2) is 16.5 Å². The van der Waals surface area contributed by atoms with Gasteiger partial charge in [0.25, 0.3) is 0 Å². The molecule has 1 aromatic rings. The first-order chi connectivity index (χ1) is 7.46. The third kappa shape index (κ3) is 3.96. The number of aryl methyl sites for hydroxylation is 1. The first-order valence-corrected chi connectivity index (χ1v) is 6.90. The second kappa shape index (κ2) is 5.47. The number of furan rings is 1. The SMILES string of the molecule is CCc1ccc(C(COC)NS(C)(=O)=O)o1. The van der Waals surface area contributed by atoms with E-state index in [-0.39, 0.29) is 6.61 Å². The van der Waals surface area contributed by atoms with Crippen molar-refractivity contribution in [3.63, 3.8) is 0 Å². The summed E-state index contributed by atoms with van der Waals surface area (Å²) in [7, 11) is -1.77. The zero-order valence-corrected chi connectivity index (χ0v) is 10.5. The Morgan fingerprint density at radius 1 is 1.50 bits per heavy atom. The van der Waals surface area contributed by atoms with Crippen LogP contribution in [0.1, 0.15) is 24.5 Å². The lowest BCUT2D eigenvalue weighted by Gasteiger charge is -2.13. The lowest BCUT2D eigenvalue weighted by atomic mass is 10.2. The van der Waals surface area contributed by atoms with Gasteiger partial charge in [-0.3, -0.25) is 0 Å². The molecule has 0 saturated carbocycles.